The highest BCUT2D eigenvalue weighted by molar-refractivity contribution is 5.78. The smallest absolute Gasteiger partial charge is 0.133 e. The van der Waals surface area contributed by atoms with Crippen molar-refractivity contribution in [2.75, 3.05) is 0 Å². The fourth-order valence-electron chi connectivity index (χ4n) is 2.96. The normalized spacial score (nSPS) is 22.0. The number of carbonyl (C=O) groups excluding carboxylic acids is 1. The molecule has 0 radical (unpaired) electrons. The molecule has 1 heteroatoms. The molecule has 1 rings (SSSR count). The lowest BCUT2D eigenvalue weighted by Gasteiger charge is -2.22. The third-order valence-electron chi connectivity index (χ3n) is 4.33. The zero-order valence-corrected chi connectivity index (χ0v) is 14.3. The molecule has 1 nitrogen and oxygen atoms in total. The molecule has 0 fully saturated rings. The molecule has 0 spiro atoms. The van der Waals surface area contributed by atoms with E-state index in [0.717, 1.165) is 25.7 Å². The molecule has 0 unspecified atom stereocenters. The Labute approximate surface area is 131 Å². The van der Waals surface area contributed by atoms with Crippen LogP contribution in [0, 0.1) is 17.8 Å². The van der Waals surface area contributed by atoms with E-state index in [9.17, 15) is 4.79 Å². The topological polar surface area (TPSA) is 17.1 Å². The molecule has 0 aromatic carbocycles. The zero-order chi connectivity index (χ0) is 15.8. The van der Waals surface area contributed by atoms with Crippen molar-refractivity contribution in [2.24, 2.45) is 17.8 Å². The average molecular weight is 288 g/mol. The largest absolute Gasteiger partial charge is 0.300 e. The fourth-order valence-corrected chi connectivity index (χ4v) is 2.96. The van der Waals surface area contributed by atoms with Gasteiger partial charge in [-0.15, -0.1) is 0 Å². The molecule has 0 aliphatic heterocycles. The molecule has 0 bridgehead atoms. The summed E-state index contributed by atoms with van der Waals surface area (Å²) in [6.45, 7) is 12.8. The highest BCUT2D eigenvalue weighted by atomic mass is 16.1. The van der Waals surface area contributed by atoms with E-state index in [-0.39, 0.29) is 0 Å². The molecule has 21 heavy (non-hydrogen) atoms. The minimum Gasteiger partial charge on any atom is -0.300 e. The Balaban J connectivity index is 2.67. The van der Waals surface area contributed by atoms with Crippen molar-refractivity contribution in [3.63, 3.8) is 0 Å². The average Bonchev–Trinajstić information content (AvgIpc) is 2.37. The highest BCUT2D eigenvalue weighted by Crippen LogP contribution is 2.27. The van der Waals surface area contributed by atoms with E-state index >= 15 is 0 Å². The molecule has 2 atom stereocenters. The lowest BCUT2D eigenvalue weighted by Crippen LogP contribution is -2.16. The van der Waals surface area contributed by atoms with Crippen molar-refractivity contribution in [3.05, 3.63) is 36.0 Å². The number of ketones is 1. The second-order valence-corrected chi connectivity index (χ2v) is 7.13. The number of allylic oxidation sites excluding steroid dienone is 5. The molecule has 0 aromatic rings. The molecule has 1 aliphatic carbocycles. The maximum atomic E-state index is 12.1. The second kappa shape index (κ2) is 9.02. The highest BCUT2D eigenvalue weighted by Gasteiger charge is 2.19. The van der Waals surface area contributed by atoms with Crippen LogP contribution in [0.5, 0.6) is 0 Å². The monoisotopic (exact) mass is 288 g/mol. The Kier molecular flexibility index (Phi) is 7.71. The standard InChI is InChI=1S/C20H32O/c1-15(2)13-20(21)14-18(5)19-11-9-16(3)7-6-8-17(4)10-12-19/h8-9,11,15,18-19H,3,6-7,10,12-14H2,1-2,4-5H3/t18-,19+/m0/s1. The van der Waals surface area contributed by atoms with E-state index in [1.165, 1.54) is 11.1 Å². The Hall–Kier alpha value is -1.11. The van der Waals surface area contributed by atoms with E-state index in [4.69, 9.17) is 0 Å². The second-order valence-electron chi connectivity index (χ2n) is 7.13. The van der Waals surface area contributed by atoms with Crippen LogP contribution in [0.3, 0.4) is 0 Å². The quantitative estimate of drug-likeness (QED) is 0.578. The lowest BCUT2D eigenvalue weighted by molar-refractivity contribution is -0.120. The molecule has 0 aromatic heterocycles. The summed E-state index contributed by atoms with van der Waals surface area (Å²) in [5.74, 6) is 1.79. The van der Waals surface area contributed by atoms with E-state index in [0.29, 0.717) is 36.4 Å². The van der Waals surface area contributed by atoms with Gasteiger partial charge in [-0.05, 0) is 50.4 Å². The van der Waals surface area contributed by atoms with Gasteiger partial charge in [-0.3, -0.25) is 4.79 Å². The van der Waals surface area contributed by atoms with Gasteiger partial charge >= 0.3 is 0 Å². The number of Topliss-reactive ketones (excluding diaryl/α,β-unsaturated/α-hetero) is 1. The molecule has 0 saturated heterocycles. The maximum absolute atomic E-state index is 12.1. The SMILES string of the molecule is C=C1C=C[C@@H]([C@@H](C)CC(=O)CC(C)C)CCC(C)=CCC1. The summed E-state index contributed by atoms with van der Waals surface area (Å²) < 4.78 is 0. The van der Waals surface area contributed by atoms with Crippen molar-refractivity contribution in [1.29, 1.82) is 0 Å². The van der Waals surface area contributed by atoms with Gasteiger partial charge in [0.25, 0.3) is 0 Å². The lowest BCUT2D eigenvalue weighted by atomic mass is 9.83. The van der Waals surface area contributed by atoms with Crippen LogP contribution in [-0.2, 0) is 4.79 Å². The van der Waals surface area contributed by atoms with Gasteiger partial charge in [0, 0.05) is 12.8 Å². The molecule has 0 N–H and O–H groups in total. The van der Waals surface area contributed by atoms with Crippen LogP contribution in [0.15, 0.2) is 36.0 Å². The van der Waals surface area contributed by atoms with Crippen molar-refractivity contribution in [3.8, 4) is 0 Å². The van der Waals surface area contributed by atoms with Crippen LogP contribution in [0.25, 0.3) is 0 Å². The number of carbonyl (C=O) groups is 1. The van der Waals surface area contributed by atoms with Gasteiger partial charge in [-0.2, -0.15) is 0 Å². The summed E-state index contributed by atoms with van der Waals surface area (Å²) in [7, 11) is 0. The molecule has 118 valence electrons. The first kappa shape index (κ1) is 17.9. The third-order valence-corrected chi connectivity index (χ3v) is 4.33. The van der Waals surface area contributed by atoms with Crippen molar-refractivity contribution >= 4 is 5.78 Å². The van der Waals surface area contributed by atoms with E-state index in [1.54, 1.807) is 0 Å². The number of hydrogen-bond acceptors (Lipinski definition) is 1. The number of hydrogen-bond donors (Lipinski definition) is 0. The summed E-state index contributed by atoms with van der Waals surface area (Å²) in [6.07, 6.45) is 12.7. The van der Waals surface area contributed by atoms with Crippen molar-refractivity contribution < 1.29 is 4.79 Å². The first-order chi connectivity index (χ1) is 9.88. The van der Waals surface area contributed by atoms with Crippen LogP contribution in [0.4, 0.5) is 0 Å². The zero-order valence-electron chi connectivity index (χ0n) is 14.3. The van der Waals surface area contributed by atoms with E-state index in [1.807, 2.05) is 0 Å². The van der Waals surface area contributed by atoms with E-state index < -0.39 is 0 Å². The maximum Gasteiger partial charge on any atom is 0.133 e. The first-order valence-corrected chi connectivity index (χ1v) is 8.41. The molecule has 0 heterocycles. The van der Waals surface area contributed by atoms with Crippen molar-refractivity contribution in [1.82, 2.24) is 0 Å². The van der Waals surface area contributed by atoms with Crippen LogP contribution in [-0.4, -0.2) is 5.78 Å². The Morgan fingerprint density at radius 1 is 1.29 bits per heavy atom. The third kappa shape index (κ3) is 7.45. The van der Waals surface area contributed by atoms with Gasteiger partial charge in [0.15, 0.2) is 0 Å². The minimum atomic E-state index is 0.411. The van der Waals surface area contributed by atoms with Crippen LogP contribution >= 0.6 is 0 Å². The fraction of sp³-hybridized carbons (Fsp3) is 0.650. The van der Waals surface area contributed by atoms with Crippen LogP contribution in [0.2, 0.25) is 0 Å². The van der Waals surface area contributed by atoms with Gasteiger partial charge in [-0.1, -0.05) is 56.7 Å². The molecular formula is C20H32O. The molecule has 0 amide bonds. The summed E-state index contributed by atoms with van der Waals surface area (Å²) >= 11 is 0. The summed E-state index contributed by atoms with van der Waals surface area (Å²) in [5, 5.41) is 0. The molecule has 0 saturated carbocycles. The Morgan fingerprint density at radius 2 is 2.00 bits per heavy atom. The molecular weight excluding hydrogens is 256 g/mol. The summed E-state index contributed by atoms with van der Waals surface area (Å²) in [6, 6.07) is 0. The number of rotatable bonds is 5. The predicted molar refractivity (Wildman–Crippen MR) is 92.2 cm³/mol. The van der Waals surface area contributed by atoms with Gasteiger partial charge in [0.05, 0.1) is 0 Å². The molecule has 1 aliphatic rings. The van der Waals surface area contributed by atoms with E-state index in [2.05, 4.69) is 52.5 Å². The van der Waals surface area contributed by atoms with Crippen LogP contribution in [0.1, 0.15) is 66.2 Å². The minimum absolute atomic E-state index is 0.411. The Morgan fingerprint density at radius 3 is 2.67 bits per heavy atom. The Bertz CT molecular complexity index is 412. The van der Waals surface area contributed by atoms with Gasteiger partial charge < -0.3 is 0 Å². The van der Waals surface area contributed by atoms with Gasteiger partial charge in [0.1, 0.15) is 5.78 Å². The predicted octanol–water partition coefficient (Wildman–Crippen LogP) is 5.88. The van der Waals surface area contributed by atoms with Crippen LogP contribution < -0.4 is 0 Å². The summed E-state index contributed by atoms with van der Waals surface area (Å²) in [4.78, 5) is 12.1. The van der Waals surface area contributed by atoms with Crippen molar-refractivity contribution in [2.45, 2.75) is 66.2 Å². The first-order valence-electron chi connectivity index (χ1n) is 8.41. The van der Waals surface area contributed by atoms with Gasteiger partial charge in [-0.25, -0.2) is 0 Å². The van der Waals surface area contributed by atoms with Gasteiger partial charge in [0.2, 0.25) is 0 Å². The summed E-state index contributed by atoms with van der Waals surface area (Å²) in [5.41, 5.74) is 2.68.